The summed E-state index contributed by atoms with van der Waals surface area (Å²) in [7, 11) is 1.80. The molecule has 1 aliphatic carbocycles. The Morgan fingerprint density at radius 3 is 2.69 bits per heavy atom. The quantitative estimate of drug-likeness (QED) is 0.689. The predicted octanol–water partition coefficient (Wildman–Crippen LogP) is 0.444. The number of nitrogens with two attached hydrogens (primary N) is 1. The third-order valence-electron chi connectivity index (χ3n) is 3.23. The van der Waals surface area contributed by atoms with Crippen LogP contribution in [0.1, 0.15) is 19.3 Å². The largest absolute Gasteiger partial charge is 0.383 e. The highest BCUT2D eigenvalue weighted by molar-refractivity contribution is 4.92. The molecule has 0 aromatic heterocycles. The van der Waals surface area contributed by atoms with Crippen molar-refractivity contribution in [3.8, 4) is 0 Å². The number of likely N-dealkylation sites (tertiary alicyclic amines) is 1. The molecule has 0 radical (unpaired) electrons. The molecule has 1 saturated carbocycles. The lowest BCUT2D eigenvalue weighted by molar-refractivity contribution is 0.0921. The lowest BCUT2D eigenvalue weighted by Crippen LogP contribution is -2.40. The van der Waals surface area contributed by atoms with Crippen LogP contribution in [0.5, 0.6) is 0 Å². The van der Waals surface area contributed by atoms with Crippen LogP contribution < -0.4 is 5.73 Å². The van der Waals surface area contributed by atoms with Crippen LogP contribution in [0, 0.1) is 5.92 Å². The maximum absolute atomic E-state index is 5.90. The Bertz CT molecular complexity index is 170. The van der Waals surface area contributed by atoms with Gasteiger partial charge in [-0.1, -0.05) is 0 Å². The van der Waals surface area contributed by atoms with Gasteiger partial charge in [0, 0.05) is 32.3 Å². The molecule has 76 valence electrons. The second-order valence-electron chi connectivity index (χ2n) is 4.40. The minimum absolute atomic E-state index is 0.401. The molecule has 2 N–H and O–H groups in total. The van der Waals surface area contributed by atoms with Crippen molar-refractivity contribution >= 4 is 0 Å². The monoisotopic (exact) mass is 184 g/mol. The topological polar surface area (TPSA) is 38.5 Å². The SMILES string of the molecule is COCC(C1CC1)N1CCC(N)C1. The Hall–Kier alpha value is -0.120. The summed E-state index contributed by atoms with van der Waals surface area (Å²) in [4.78, 5) is 2.52. The van der Waals surface area contributed by atoms with Gasteiger partial charge in [-0.15, -0.1) is 0 Å². The van der Waals surface area contributed by atoms with Gasteiger partial charge in [-0.25, -0.2) is 0 Å². The van der Waals surface area contributed by atoms with Crippen LogP contribution in [0.3, 0.4) is 0 Å². The maximum Gasteiger partial charge on any atom is 0.0620 e. The van der Waals surface area contributed by atoms with Gasteiger partial charge in [0.2, 0.25) is 0 Å². The van der Waals surface area contributed by atoms with Gasteiger partial charge in [0.05, 0.1) is 6.61 Å². The number of ether oxygens (including phenoxy) is 1. The van der Waals surface area contributed by atoms with Crippen LogP contribution in [0.4, 0.5) is 0 Å². The van der Waals surface area contributed by atoms with Crippen LogP contribution >= 0.6 is 0 Å². The first-order valence-corrected chi connectivity index (χ1v) is 5.30. The molecule has 2 atom stereocenters. The van der Waals surface area contributed by atoms with Crippen molar-refractivity contribution in [3.05, 3.63) is 0 Å². The van der Waals surface area contributed by atoms with E-state index in [0.29, 0.717) is 12.1 Å². The molecule has 1 saturated heterocycles. The van der Waals surface area contributed by atoms with Crippen LogP contribution in [-0.4, -0.2) is 43.8 Å². The average Bonchev–Trinajstić information content (AvgIpc) is 2.85. The Balaban J connectivity index is 1.87. The number of hydrogen-bond acceptors (Lipinski definition) is 3. The highest BCUT2D eigenvalue weighted by Gasteiger charge is 2.37. The summed E-state index contributed by atoms with van der Waals surface area (Å²) in [5, 5.41) is 0. The van der Waals surface area contributed by atoms with Crippen molar-refractivity contribution < 1.29 is 4.74 Å². The summed E-state index contributed by atoms with van der Waals surface area (Å²) in [5.74, 6) is 0.894. The Morgan fingerprint density at radius 2 is 2.23 bits per heavy atom. The van der Waals surface area contributed by atoms with Crippen LogP contribution in [0.25, 0.3) is 0 Å². The number of methoxy groups -OCH3 is 1. The fourth-order valence-corrected chi connectivity index (χ4v) is 2.31. The van der Waals surface area contributed by atoms with E-state index in [1.165, 1.54) is 19.4 Å². The fraction of sp³-hybridized carbons (Fsp3) is 1.00. The molecule has 1 aliphatic heterocycles. The van der Waals surface area contributed by atoms with E-state index < -0.39 is 0 Å². The van der Waals surface area contributed by atoms with Gasteiger partial charge in [0.25, 0.3) is 0 Å². The molecule has 0 spiro atoms. The molecule has 13 heavy (non-hydrogen) atoms. The minimum Gasteiger partial charge on any atom is -0.383 e. The van der Waals surface area contributed by atoms with Gasteiger partial charge in [-0.05, 0) is 25.2 Å². The van der Waals surface area contributed by atoms with Crippen molar-refractivity contribution in [1.29, 1.82) is 0 Å². The van der Waals surface area contributed by atoms with E-state index in [0.717, 1.165) is 25.5 Å². The Kier molecular flexibility index (Phi) is 2.86. The highest BCUT2D eigenvalue weighted by Crippen LogP contribution is 2.36. The van der Waals surface area contributed by atoms with Crippen molar-refractivity contribution in [2.24, 2.45) is 11.7 Å². The second-order valence-corrected chi connectivity index (χ2v) is 4.40. The van der Waals surface area contributed by atoms with Gasteiger partial charge < -0.3 is 10.5 Å². The van der Waals surface area contributed by atoms with Crippen molar-refractivity contribution in [1.82, 2.24) is 4.90 Å². The minimum atomic E-state index is 0.401. The molecule has 2 rings (SSSR count). The summed E-state index contributed by atoms with van der Waals surface area (Å²) in [6, 6.07) is 1.05. The second kappa shape index (κ2) is 3.95. The molecule has 0 aromatic carbocycles. The molecule has 3 nitrogen and oxygen atoms in total. The molecule has 0 amide bonds. The molecule has 1 heterocycles. The van der Waals surface area contributed by atoms with E-state index in [4.69, 9.17) is 10.5 Å². The zero-order chi connectivity index (χ0) is 9.26. The number of nitrogens with zero attached hydrogens (tertiary/aromatic N) is 1. The van der Waals surface area contributed by atoms with Gasteiger partial charge in [-0.3, -0.25) is 4.90 Å². The summed E-state index contributed by atoms with van der Waals surface area (Å²) < 4.78 is 5.27. The van der Waals surface area contributed by atoms with Gasteiger partial charge in [-0.2, -0.15) is 0 Å². The van der Waals surface area contributed by atoms with Gasteiger partial charge in [0.15, 0.2) is 0 Å². The predicted molar refractivity (Wildman–Crippen MR) is 52.6 cm³/mol. The molecular weight excluding hydrogens is 164 g/mol. The van der Waals surface area contributed by atoms with E-state index in [2.05, 4.69) is 4.90 Å². The summed E-state index contributed by atoms with van der Waals surface area (Å²) in [5.41, 5.74) is 5.90. The fourth-order valence-electron chi connectivity index (χ4n) is 2.31. The van der Waals surface area contributed by atoms with Crippen molar-refractivity contribution in [2.75, 3.05) is 26.8 Å². The third kappa shape index (κ3) is 2.22. The Labute approximate surface area is 80.2 Å². The van der Waals surface area contributed by atoms with E-state index in [1.807, 2.05) is 0 Å². The first-order chi connectivity index (χ1) is 6.31. The number of hydrogen-bond donors (Lipinski definition) is 1. The van der Waals surface area contributed by atoms with Crippen molar-refractivity contribution in [3.63, 3.8) is 0 Å². The van der Waals surface area contributed by atoms with E-state index in [9.17, 15) is 0 Å². The summed E-state index contributed by atoms with van der Waals surface area (Å²) in [6.45, 7) is 3.13. The zero-order valence-electron chi connectivity index (χ0n) is 8.41. The first-order valence-electron chi connectivity index (χ1n) is 5.30. The first kappa shape index (κ1) is 9.44. The van der Waals surface area contributed by atoms with Crippen LogP contribution in [-0.2, 0) is 4.74 Å². The van der Waals surface area contributed by atoms with Gasteiger partial charge in [0.1, 0.15) is 0 Å². The maximum atomic E-state index is 5.90. The summed E-state index contributed by atoms with van der Waals surface area (Å²) in [6.07, 6.45) is 3.94. The van der Waals surface area contributed by atoms with E-state index in [1.54, 1.807) is 7.11 Å². The number of rotatable bonds is 4. The normalized spacial score (nSPS) is 32.3. The average molecular weight is 184 g/mol. The van der Waals surface area contributed by atoms with E-state index >= 15 is 0 Å². The molecule has 2 unspecified atom stereocenters. The third-order valence-corrected chi connectivity index (χ3v) is 3.23. The van der Waals surface area contributed by atoms with E-state index in [-0.39, 0.29) is 0 Å². The zero-order valence-corrected chi connectivity index (χ0v) is 8.41. The molecule has 2 aliphatic rings. The van der Waals surface area contributed by atoms with Crippen molar-refractivity contribution in [2.45, 2.75) is 31.3 Å². The standard InChI is InChI=1S/C10H20N2O/c1-13-7-10(8-2-3-8)12-5-4-9(11)6-12/h8-10H,2-7,11H2,1H3. The molecule has 2 fully saturated rings. The lowest BCUT2D eigenvalue weighted by Gasteiger charge is -2.26. The van der Waals surface area contributed by atoms with Gasteiger partial charge >= 0.3 is 0 Å². The molecular formula is C10H20N2O. The van der Waals surface area contributed by atoms with Crippen LogP contribution in [0.15, 0.2) is 0 Å². The van der Waals surface area contributed by atoms with Crippen LogP contribution in [0.2, 0.25) is 0 Å². The summed E-state index contributed by atoms with van der Waals surface area (Å²) >= 11 is 0. The lowest BCUT2D eigenvalue weighted by atomic mass is 10.2. The highest BCUT2D eigenvalue weighted by atomic mass is 16.5. The Morgan fingerprint density at radius 1 is 1.46 bits per heavy atom. The molecule has 3 heteroatoms. The molecule has 0 bridgehead atoms. The smallest absolute Gasteiger partial charge is 0.0620 e. The molecule has 0 aromatic rings.